The van der Waals surface area contributed by atoms with Crippen molar-refractivity contribution in [1.82, 2.24) is 10.3 Å². The molecule has 3 aromatic rings. The number of hydrogen-bond donors (Lipinski definition) is 1. The summed E-state index contributed by atoms with van der Waals surface area (Å²) in [6.07, 6.45) is -0.648. The highest BCUT2D eigenvalue weighted by molar-refractivity contribution is 5.79. The van der Waals surface area contributed by atoms with Gasteiger partial charge < -0.3 is 19.2 Å². The Balaban J connectivity index is 1.55. The average Bonchev–Trinajstić information content (AvgIpc) is 3.25. The zero-order valence-electron chi connectivity index (χ0n) is 19.1. The zero-order chi connectivity index (χ0) is 24.1. The van der Waals surface area contributed by atoms with Crippen molar-refractivity contribution < 1.29 is 27.5 Å². The van der Waals surface area contributed by atoms with Gasteiger partial charge in [0.15, 0.2) is 5.58 Å². The number of amides is 1. The quantitative estimate of drug-likeness (QED) is 0.419. The van der Waals surface area contributed by atoms with Crippen molar-refractivity contribution in [3.63, 3.8) is 0 Å². The van der Waals surface area contributed by atoms with Crippen LogP contribution in [0.2, 0.25) is 0 Å². The third kappa shape index (κ3) is 5.80. The Labute approximate surface area is 197 Å². The minimum atomic E-state index is -2.69. The van der Waals surface area contributed by atoms with E-state index in [4.69, 9.17) is 13.9 Å². The van der Waals surface area contributed by atoms with Crippen LogP contribution in [0.5, 0.6) is 0 Å². The molecule has 0 radical (unpaired) electrons. The highest BCUT2D eigenvalue weighted by Crippen LogP contribution is 2.41. The molecule has 8 heteroatoms. The molecule has 1 N–H and O–H groups in total. The molecule has 34 heavy (non-hydrogen) atoms. The van der Waals surface area contributed by atoms with Crippen LogP contribution in [0.15, 0.2) is 59.5 Å². The van der Waals surface area contributed by atoms with Gasteiger partial charge in [0.25, 0.3) is 0 Å². The minimum Gasteiger partial charge on any atom is -0.445 e. The first-order valence-electron chi connectivity index (χ1n) is 11.3. The number of carbonyl (C=O) groups excluding carboxylic acids is 1. The maximum Gasteiger partial charge on any atom is 0.408 e. The van der Waals surface area contributed by atoms with E-state index in [1.807, 2.05) is 42.5 Å². The van der Waals surface area contributed by atoms with Crippen molar-refractivity contribution in [3.8, 4) is 0 Å². The number of carbonyl (C=O) groups is 1. The van der Waals surface area contributed by atoms with Crippen LogP contribution in [0, 0.1) is 5.92 Å². The second-order valence-corrected chi connectivity index (χ2v) is 8.65. The third-order valence-corrected chi connectivity index (χ3v) is 6.12. The van der Waals surface area contributed by atoms with Crippen molar-refractivity contribution in [2.75, 3.05) is 13.7 Å². The van der Waals surface area contributed by atoms with Crippen molar-refractivity contribution in [2.45, 2.75) is 44.3 Å². The summed E-state index contributed by atoms with van der Waals surface area (Å²) < 4.78 is 44.1. The summed E-state index contributed by atoms with van der Waals surface area (Å²) in [5.41, 5.74) is 3.63. The molecule has 0 saturated heterocycles. The Morgan fingerprint density at radius 2 is 1.97 bits per heavy atom. The van der Waals surface area contributed by atoms with E-state index in [9.17, 15) is 13.6 Å². The van der Waals surface area contributed by atoms with Crippen LogP contribution in [-0.4, -0.2) is 30.7 Å². The topological polar surface area (TPSA) is 73.6 Å². The van der Waals surface area contributed by atoms with Crippen LogP contribution >= 0.6 is 0 Å². The number of alkyl halides is 2. The summed E-state index contributed by atoms with van der Waals surface area (Å²) >= 11 is 0. The molecule has 1 aliphatic rings. The molecular weight excluding hydrogens is 442 g/mol. The molecule has 2 aromatic carbocycles. The second-order valence-electron chi connectivity index (χ2n) is 8.65. The number of rotatable bonds is 8. The fourth-order valence-corrected chi connectivity index (χ4v) is 4.22. The molecule has 0 bridgehead atoms. The fourth-order valence-electron chi connectivity index (χ4n) is 4.22. The van der Waals surface area contributed by atoms with E-state index in [-0.39, 0.29) is 44.1 Å². The largest absolute Gasteiger partial charge is 0.445 e. The van der Waals surface area contributed by atoms with Gasteiger partial charge in [0, 0.05) is 20.0 Å². The first kappa shape index (κ1) is 23.9. The number of nitrogens with zero attached hydrogens (tertiary/aromatic N) is 1. The van der Waals surface area contributed by atoms with Crippen molar-refractivity contribution in [1.29, 1.82) is 0 Å². The molecule has 180 valence electrons. The minimum absolute atomic E-state index is 0.0979. The van der Waals surface area contributed by atoms with E-state index in [2.05, 4.69) is 16.9 Å². The number of benzene rings is 2. The Morgan fingerprint density at radius 3 is 2.68 bits per heavy atom. The van der Waals surface area contributed by atoms with Gasteiger partial charge in [-0.15, -0.1) is 0 Å². The number of oxazole rings is 1. The van der Waals surface area contributed by atoms with Gasteiger partial charge in [-0.25, -0.2) is 18.6 Å². The molecule has 1 saturated carbocycles. The molecule has 0 spiro atoms. The molecular formula is C26H28F2N2O4. The maximum absolute atomic E-state index is 13.8. The van der Waals surface area contributed by atoms with Gasteiger partial charge in [0.2, 0.25) is 11.8 Å². The SMILES string of the molecule is C=C(COC)c1ccc2oc([C@H](NC(=O)OCc3ccccc3)C3CCC(F)(F)CC3)nc2c1. The lowest BCUT2D eigenvalue weighted by molar-refractivity contribution is -0.0505. The van der Waals surface area contributed by atoms with Crippen LogP contribution in [0.4, 0.5) is 13.6 Å². The molecule has 1 atom stereocenters. The van der Waals surface area contributed by atoms with Crippen LogP contribution in [-0.2, 0) is 16.1 Å². The standard InChI is InChI=1S/C26H28F2N2O4/c1-17(15-32-2)20-8-9-22-21(14-20)29-24(34-22)23(19-10-12-26(27,28)13-11-19)30-25(31)33-16-18-6-4-3-5-7-18/h3-9,14,19,23H,1,10-13,15-16H2,2H3,(H,30,31)/t23-/m1/s1. The number of alkyl carbamates (subject to hydrolysis) is 1. The lowest BCUT2D eigenvalue weighted by Gasteiger charge is -2.32. The number of methoxy groups -OCH3 is 1. The predicted octanol–water partition coefficient (Wildman–Crippen LogP) is 6.28. The Hall–Kier alpha value is -3.26. The van der Waals surface area contributed by atoms with Gasteiger partial charge in [-0.05, 0) is 47.6 Å². The molecule has 4 rings (SSSR count). The zero-order valence-corrected chi connectivity index (χ0v) is 19.1. The molecule has 1 amide bonds. The molecule has 0 unspecified atom stereocenters. The highest BCUT2D eigenvalue weighted by Gasteiger charge is 2.40. The molecule has 1 aliphatic carbocycles. The van der Waals surface area contributed by atoms with E-state index in [1.165, 1.54) is 0 Å². The van der Waals surface area contributed by atoms with Gasteiger partial charge in [-0.1, -0.05) is 43.0 Å². The maximum atomic E-state index is 13.8. The Kier molecular flexibility index (Phi) is 7.26. The number of aromatic nitrogens is 1. The van der Waals surface area contributed by atoms with Crippen LogP contribution in [0.25, 0.3) is 16.7 Å². The fraction of sp³-hybridized carbons (Fsp3) is 0.385. The number of halogens is 2. The van der Waals surface area contributed by atoms with E-state index in [0.717, 1.165) is 16.7 Å². The van der Waals surface area contributed by atoms with Crippen molar-refractivity contribution in [2.24, 2.45) is 5.92 Å². The van der Waals surface area contributed by atoms with E-state index in [1.54, 1.807) is 13.2 Å². The van der Waals surface area contributed by atoms with Crippen molar-refractivity contribution in [3.05, 3.63) is 72.1 Å². The third-order valence-electron chi connectivity index (χ3n) is 6.12. The number of nitrogens with one attached hydrogen (secondary N) is 1. The summed E-state index contributed by atoms with van der Waals surface area (Å²) in [5, 5.41) is 2.82. The monoisotopic (exact) mass is 470 g/mol. The van der Waals surface area contributed by atoms with Gasteiger partial charge in [0.05, 0.1) is 6.61 Å². The predicted molar refractivity (Wildman–Crippen MR) is 124 cm³/mol. The molecule has 1 heterocycles. The first-order chi connectivity index (χ1) is 16.3. The Bertz CT molecular complexity index is 1140. The van der Waals surface area contributed by atoms with Crippen molar-refractivity contribution >= 4 is 22.8 Å². The van der Waals surface area contributed by atoms with Gasteiger partial charge in [-0.3, -0.25) is 0 Å². The Morgan fingerprint density at radius 1 is 1.24 bits per heavy atom. The summed E-state index contributed by atoms with van der Waals surface area (Å²) in [7, 11) is 1.60. The smallest absolute Gasteiger partial charge is 0.408 e. The van der Waals surface area contributed by atoms with Crippen LogP contribution in [0.3, 0.4) is 0 Å². The molecule has 6 nitrogen and oxygen atoms in total. The highest BCUT2D eigenvalue weighted by atomic mass is 19.3. The summed E-state index contributed by atoms with van der Waals surface area (Å²) in [6, 6.07) is 14.1. The lowest BCUT2D eigenvalue weighted by Crippen LogP contribution is -2.37. The van der Waals surface area contributed by atoms with Crippen LogP contribution < -0.4 is 5.32 Å². The lowest BCUT2D eigenvalue weighted by atomic mass is 9.82. The summed E-state index contributed by atoms with van der Waals surface area (Å²) in [5.74, 6) is -2.66. The summed E-state index contributed by atoms with van der Waals surface area (Å²) in [4.78, 5) is 17.2. The van der Waals surface area contributed by atoms with E-state index < -0.39 is 18.1 Å². The van der Waals surface area contributed by atoms with E-state index >= 15 is 0 Å². The average molecular weight is 471 g/mol. The number of ether oxygens (including phenoxy) is 2. The molecule has 0 aliphatic heterocycles. The second kappa shape index (κ2) is 10.3. The molecule has 1 aromatic heterocycles. The normalized spacial score (nSPS) is 16.8. The van der Waals surface area contributed by atoms with Crippen LogP contribution in [0.1, 0.15) is 48.7 Å². The van der Waals surface area contributed by atoms with E-state index in [0.29, 0.717) is 17.7 Å². The van der Waals surface area contributed by atoms with Gasteiger partial charge in [-0.2, -0.15) is 0 Å². The first-order valence-corrected chi connectivity index (χ1v) is 11.3. The van der Waals surface area contributed by atoms with Gasteiger partial charge in [0.1, 0.15) is 18.2 Å². The number of hydrogen-bond acceptors (Lipinski definition) is 5. The van der Waals surface area contributed by atoms with Gasteiger partial charge >= 0.3 is 6.09 Å². The molecule has 1 fully saturated rings. The number of fused-ring (bicyclic) bond motifs is 1. The summed E-state index contributed by atoms with van der Waals surface area (Å²) in [6.45, 7) is 4.48.